The summed E-state index contributed by atoms with van der Waals surface area (Å²) in [5.74, 6) is -0.104. The van der Waals surface area contributed by atoms with E-state index in [4.69, 9.17) is 4.43 Å². The number of ether oxygens (including phenoxy) is 1. The van der Waals surface area contributed by atoms with E-state index in [2.05, 4.69) is 38.6 Å². The number of hydrogen-bond acceptors (Lipinski definition) is 3. The third-order valence-electron chi connectivity index (χ3n) is 3.77. The van der Waals surface area contributed by atoms with E-state index in [-0.39, 0.29) is 11.0 Å². The fourth-order valence-electron chi connectivity index (χ4n) is 1.37. The molecule has 0 saturated heterocycles. The number of hydrogen-bond donors (Lipinski definition) is 0. The first-order valence-corrected chi connectivity index (χ1v) is 9.82. The summed E-state index contributed by atoms with van der Waals surface area (Å²) in [6.45, 7) is 12.2. The van der Waals surface area contributed by atoms with E-state index in [1.165, 1.54) is 7.11 Å². The lowest BCUT2D eigenvalue weighted by Crippen LogP contribution is -2.40. The van der Waals surface area contributed by atoms with Crippen LogP contribution >= 0.6 is 0 Å². The van der Waals surface area contributed by atoms with Crippen LogP contribution in [0.5, 0.6) is 0 Å². The fourth-order valence-corrected chi connectivity index (χ4v) is 2.46. The summed E-state index contributed by atoms with van der Waals surface area (Å²) in [5, 5.41) is 0.290. The SMILES string of the molecule is COC(=O)CCCCCCO[Si](C)(C)C(C)(C)C. The lowest BCUT2D eigenvalue weighted by Gasteiger charge is -2.36. The molecule has 108 valence electrons. The Hall–Kier alpha value is -0.353. The molecule has 0 aromatic carbocycles. The van der Waals surface area contributed by atoms with Gasteiger partial charge in [-0.25, -0.2) is 0 Å². The maximum atomic E-state index is 10.9. The van der Waals surface area contributed by atoms with Gasteiger partial charge in [-0.15, -0.1) is 0 Å². The van der Waals surface area contributed by atoms with Gasteiger partial charge in [-0.2, -0.15) is 0 Å². The van der Waals surface area contributed by atoms with Gasteiger partial charge in [-0.3, -0.25) is 4.79 Å². The van der Waals surface area contributed by atoms with E-state index in [0.29, 0.717) is 6.42 Å². The quantitative estimate of drug-likeness (QED) is 0.379. The summed E-state index contributed by atoms with van der Waals surface area (Å²) < 4.78 is 10.7. The largest absolute Gasteiger partial charge is 0.469 e. The zero-order valence-electron chi connectivity index (χ0n) is 13.0. The molecule has 4 heteroatoms. The van der Waals surface area contributed by atoms with Gasteiger partial charge in [0.25, 0.3) is 0 Å². The molecule has 0 unspecified atom stereocenters. The molecule has 0 N–H and O–H groups in total. The van der Waals surface area contributed by atoms with Crippen molar-refractivity contribution in [3.05, 3.63) is 0 Å². The van der Waals surface area contributed by atoms with Crippen LogP contribution in [0.2, 0.25) is 18.1 Å². The van der Waals surface area contributed by atoms with Crippen LogP contribution in [0.15, 0.2) is 0 Å². The van der Waals surface area contributed by atoms with Gasteiger partial charge in [0.15, 0.2) is 8.32 Å². The molecule has 0 aromatic rings. The van der Waals surface area contributed by atoms with E-state index in [1.807, 2.05) is 0 Å². The van der Waals surface area contributed by atoms with Crippen LogP contribution in [0.4, 0.5) is 0 Å². The minimum atomic E-state index is -1.57. The van der Waals surface area contributed by atoms with Crippen molar-refractivity contribution in [2.24, 2.45) is 0 Å². The van der Waals surface area contributed by atoms with E-state index in [1.54, 1.807) is 0 Å². The highest BCUT2D eigenvalue weighted by atomic mass is 28.4. The van der Waals surface area contributed by atoms with Crippen LogP contribution < -0.4 is 0 Å². The summed E-state index contributed by atoms with van der Waals surface area (Å²) in [5.41, 5.74) is 0. The van der Waals surface area contributed by atoms with Gasteiger partial charge in [-0.05, 0) is 31.0 Å². The average molecular weight is 274 g/mol. The topological polar surface area (TPSA) is 35.5 Å². The first-order chi connectivity index (χ1) is 8.20. The van der Waals surface area contributed by atoms with Crippen molar-refractivity contribution in [2.45, 2.75) is 71.0 Å². The first-order valence-electron chi connectivity index (χ1n) is 6.91. The van der Waals surface area contributed by atoms with E-state index >= 15 is 0 Å². The van der Waals surface area contributed by atoms with Crippen LogP contribution in [0, 0.1) is 0 Å². The molecule has 0 atom stereocenters. The Morgan fingerprint density at radius 1 is 1.06 bits per heavy atom. The highest BCUT2D eigenvalue weighted by Crippen LogP contribution is 2.36. The maximum Gasteiger partial charge on any atom is 0.305 e. The summed E-state index contributed by atoms with van der Waals surface area (Å²) >= 11 is 0. The summed E-state index contributed by atoms with van der Waals surface area (Å²) in [6, 6.07) is 0. The molecule has 0 aliphatic rings. The predicted octanol–water partition coefficient (Wildman–Crippen LogP) is 4.13. The van der Waals surface area contributed by atoms with Gasteiger partial charge in [0.05, 0.1) is 7.11 Å². The van der Waals surface area contributed by atoms with Crippen LogP contribution in [0.3, 0.4) is 0 Å². The molecule has 0 aliphatic carbocycles. The average Bonchev–Trinajstić information content (AvgIpc) is 2.25. The molecular formula is C14H30O3Si. The van der Waals surface area contributed by atoms with E-state index in [9.17, 15) is 4.79 Å². The molecule has 0 fully saturated rings. The molecule has 0 heterocycles. The van der Waals surface area contributed by atoms with Crippen LogP contribution in [-0.2, 0) is 14.0 Å². The molecule has 0 bridgehead atoms. The van der Waals surface area contributed by atoms with Gasteiger partial charge in [0, 0.05) is 13.0 Å². The molecule has 0 aliphatic heterocycles. The van der Waals surface area contributed by atoms with E-state index < -0.39 is 8.32 Å². The lowest BCUT2D eigenvalue weighted by atomic mass is 10.1. The number of methoxy groups -OCH3 is 1. The number of carbonyl (C=O) groups is 1. The Morgan fingerprint density at radius 3 is 2.11 bits per heavy atom. The standard InChI is InChI=1S/C14H30O3Si/c1-14(2,3)18(5,6)17-12-10-8-7-9-11-13(15)16-4/h7-12H2,1-6H3. The monoisotopic (exact) mass is 274 g/mol. The highest BCUT2D eigenvalue weighted by molar-refractivity contribution is 6.74. The van der Waals surface area contributed by atoms with Gasteiger partial charge >= 0.3 is 5.97 Å². The third-order valence-corrected chi connectivity index (χ3v) is 8.31. The zero-order valence-corrected chi connectivity index (χ0v) is 14.0. The van der Waals surface area contributed by atoms with Crippen LogP contribution in [0.25, 0.3) is 0 Å². The van der Waals surface area contributed by atoms with E-state index in [0.717, 1.165) is 32.3 Å². The molecule has 3 nitrogen and oxygen atoms in total. The lowest BCUT2D eigenvalue weighted by molar-refractivity contribution is -0.140. The maximum absolute atomic E-state index is 10.9. The second kappa shape index (κ2) is 7.95. The Labute approximate surface area is 113 Å². The molecule has 0 aromatic heterocycles. The Balaban J connectivity index is 3.55. The Kier molecular flexibility index (Phi) is 7.79. The van der Waals surface area contributed by atoms with Crippen molar-refractivity contribution >= 4 is 14.3 Å². The van der Waals surface area contributed by atoms with Gasteiger partial charge < -0.3 is 9.16 Å². The van der Waals surface area contributed by atoms with Crippen molar-refractivity contribution in [1.29, 1.82) is 0 Å². The van der Waals surface area contributed by atoms with Gasteiger partial charge in [0.2, 0.25) is 0 Å². The fraction of sp³-hybridized carbons (Fsp3) is 0.929. The molecule has 0 amide bonds. The van der Waals surface area contributed by atoms with Crippen LogP contribution in [0.1, 0.15) is 52.9 Å². The van der Waals surface area contributed by atoms with Gasteiger partial charge in [0.1, 0.15) is 0 Å². The van der Waals surface area contributed by atoms with Crippen molar-refractivity contribution in [1.82, 2.24) is 0 Å². The summed E-state index contributed by atoms with van der Waals surface area (Å²) in [6.07, 6.45) is 4.77. The molecular weight excluding hydrogens is 244 g/mol. The normalized spacial score (nSPS) is 12.6. The van der Waals surface area contributed by atoms with Crippen molar-refractivity contribution in [3.63, 3.8) is 0 Å². The minimum Gasteiger partial charge on any atom is -0.469 e. The Morgan fingerprint density at radius 2 is 1.61 bits per heavy atom. The minimum absolute atomic E-state index is 0.104. The Bertz CT molecular complexity index is 244. The second-order valence-electron chi connectivity index (χ2n) is 6.35. The number of rotatable bonds is 8. The predicted molar refractivity (Wildman–Crippen MR) is 78.3 cm³/mol. The number of unbranched alkanes of at least 4 members (excludes halogenated alkanes) is 3. The highest BCUT2D eigenvalue weighted by Gasteiger charge is 2.36. The molecule has 18 heavy (non-hydrogen) atoms. The molecule has 0 spiro atoms. The zero-order chi connectivity index (χ0) is 14.2. The summed E-state index contributed by atoms with van der Waals surface area (Å²) in [4.78, 5) is 10.9. The van der Waals surface area contributed by atoms with Crippen molar-refractivity contribution in [2.75, 3.05) is 13.7 Å². The second-order valence-corrected chi connectivity index (χ2v) is 11.2. The van der Waals surface area contributed by atoms with Crippen molar-refractivity contribution in [3.8, 4) is 0 Å². The van der Waals surface area contributed by atoms with Gasteiger partial charge in [-0.1, -0.05) is 33.6 Å². The summed E-state index contributed by atoms with van der Waals surface area (Å²) in [7, 11) is -0.131. The number of carbonyl (C=O) groups excluding carboxylic acids is 1. The molecule has 0 rings (SSSR count). The van der Waals surface area contributed by atoms with Crippen molar-refractivity contribution < 1.29 is 14.0 Å². The third kappa shape index (κ3) is 7.16. The first kappa shape index (κ1) is 17.6. The molecule has 0 saturated carbocycles. The van der Waals surface area contributed by atoms with Crippen LogP contribution in [-0.4, -0.2) is 28.0 Å². The smallest absolute Gasteiger partial charge is 0.305 e. The number of esters is 1. The molecule has 0 radical (unpaired) electrons.